The van der Waals surface area contributed by atoms with Gasteiger partial charge in [-0.3, -0.25) is 4.79 Å². The fourth-order valence-corrected chi connectivity index (χ4v) is 2.56. The van der Waals surface area contributed by atoms with Crippen molar-refractivity contribution in [2.75, 3.05) is 25.4 Å². The van der Waals surface area contributed by atoms with Gasteiger partial charge in [0.1, 0.15) is 5.82 Å². The van der Waals surface area contributed by atoms with Gasteiger partial charge < -0.3 is 15.4 Å². The Morgan fingerprint density at radius 3 is 2.70 bits per heavy atom. The highest BCUT2D eigenvalue weighted by Crippen LogP contribution is 2.17. The molecule has 2 heterocycles. The fourth-order valence-electron chi connectivity index (χ4n) is 2.56. The monoisotopic (exact) mass is 277 g/mol. The minimum atomic E-state index is 0.0451. The van der Waals surface area contributed by atoms with Crippen LogP contribution in [0.3, 0.4) is 0 Å². The van der Waals surface area contributed by atoms with Crippen molar-refractivity contribution in [2.45, 2.75) is 39.2 Å². The quantitative estimate of drug-likeness (QED) is 0.912. The number of hydrogen-bond donors (Lipinski definition) is 1. The highest BCUT2D eigenvalue weighted by atomic mass is 16.5. The van der Waals surface area contributed by atoms with Crippen molar-refractivity contribution in [3.63, 3.8) is 0 Å². The minimum Gasteiger partial charge on any atom is -0.384 e. The van der Waals surface area contributed by atoms with E-state index >= 15 is 0 Å². The van der Waals surface area contributed by atoms with Gasteiger partial charge in [0.2, 0.25) is 0 Å². The SMILES string of the molecule is CCOC1CCN(C(=O)c2cc(N)nc(CC)c2)CC1. The van der Waals surface area contributed by atoms with E-state index in [0.29, 0.717) is 11.4 Å². The van der Waals surface area contributed by atoms with E-state index in [4.69, 9.17) is 10.5 Å². The average molecular weight is 277 g/mol. The molecule has 0 aliphatic carbocycles. The first kappa shape index (κ1) is 14.8. The van der Waals surface area contributed by atoms with Crippen LogP contribution in [0.1, 0.15) is 42.7 Å². The maximum atomic E-state index is 12.5. The lowest BCUT2D eigenvalue weighted by molar-refractivity contribution is 0.0146. The molecule has 0 aromatic carbocycles. The van der Waals surface area contributed by atoms with Crippen LogP contribution in [0.5, 0.6) is 0 Å². The van der Waals surface area contributed by atoms with Crippen molar-refractivity contribution in [3.05, 3.63) is 23.4 Å². The zero-order valence-electron chi connectivity index (χ0n) is 12.3. The second-order valence-electron chi connectivity index (χ2n) is 5.07. The number of carbonyl (C=O) groups is 1. The van der Waals surface area contributed by atoms with Crippen molar-refractivity contribution in [1.82, 2.24) is 9.88 Å². The van der Waals surface area contributed by atoms with Gasteiger partial charge in [-0.15, -0.1) is 0 Å². The average Bonchev–Trinajstić information content (AvgIpc) is 2.47. The predicted molar refractivity (Wildman–Crippen MR) is 78.6 cm³/mol. The molecule has 1 aromatic rings. The first-order valence-electron chi connectivity index (χ1n) is 7.31. The number of aromatic nitrogens is 1. The van der Waals surface area contributed by atoms with Crippen LogP contribution in [-0.4, -0.2) is 41.6 Å². The number of carbonyl (C=O) groups excluding carboxylic acids is 1. The number of nitrogen functional groups attached to an aromatic ring is 1. The Kier molecular flexibility index (Phi) is 4.95. The number of rotatable bonds is 4. The lowest BCUT2D eigenvalue weighted by Gasteiger charge is -2.31. The van der Waals surface area contributed by atoms with Crippen LogP contribution in [0.15, 0.2) is 12.1 Å². The third-order valence-electron chi connectivity index (χ3n) is 3.64. The largest absolute Gasteiger partial charge is 0.384 e. The van der Waals surface area contributed by atoms with E-state index in [2.05, 4.69) is 4.98 Å². The van der Waals surface area contributed by atoms with Crippen LogP contribution < -0.4 is 5.73 Å². The molecule has 110 valence electrons. The summed E-state index contributed by atoms with van der Waals surface area (Å²) in [6.07, 6.45) is 2.87. The summed E-state index contributed by atoms with van der Waals surface area (Å²) in [6.45, 7) is 6.23. The Labute approximate surface area is 120 Å². The van der Waals surface area contributed by atoms with Crippen LogP contribution in [0.2, 0.25) is 0 Å². The minimum absolute atomic E-state index is 0.0451. The number of amides is 1. The summed E-state index contributed by atoms with van der Waals surface area (Å²) in [4.78, 5) is 18.6. The van der Waals surface area contributed by atoms with E-state index in [-0.39, 0.29) is 12.0 Å². The van der Waals surface area contributed by atoms with Crippen molar-refractivity contribution < 1.29 is 9.53 Å². The molecule has 1 amide bonds. The number of nitrogens with zero attached hydrogens (tertiary/aromatic N) is 2. The smallest absolute Gasteiger partial charge is 0.254 e. The highest BCUT2D eigenvalue weighted by Gasteiger charge is 2.24. The summed E-state index contributed by atoms with van der Waals surface area (Å²) in [5.74, 6) is 0.459. The number of hydrogen-bond acceptors (Lipinski definition) is 4. The standard InChI is InChI=1S/C15H23N3O2/c1-3-12-9-11(10-14(16)17-12)15(19)18-7-5-13(6-8-18)20-4-2/h9-10,13H,3-8H2,1-2H3,(H2,16,17). The Morgan fingerprint density at radius 2 is 2.10 bits per heavy atom. The lowest BCUT2D eigenvalue weighted by atomic mass is 10.1. The maximum absolute atomic E-state index is 12.5. The summed E-state index contributed by atoms with van der Waals surface area (Å²) in [5.41, 5.74) is 7.26. The molecule has 0 bridgehead atoms. The van der Waals surface area contributed by atoms with E-state index in [9.17, 15) is 4.79 Å². The molecule has 5 nitrogen and oxygen atoms in total. The van der Waals surface area contributed by atoms with Gasteiger partial charge in [0.25, 0.3) is 5.91 Å². The first-order valence-corrected chi connectivity index (χ1v) is 7.31. The van der Waals surface area contributed by atoms with Crippen LogP contribution in [0.25, 0.3) is 0 Å². The number of piperidine rings is 1. The summed E-state index contributed by atoms with van der Waals surface area (Å²) in [6, 6.07) is 3.50. The Hall–Kier alpha value is -1.62. The molecule has 2 N–H and O–H groups in total. The summed E-state index contributed by atoms with van der Waals surface area (Å²) >= 11 is 0. The molecule has 20 heavy (non-hydrogen) atoms. The first-order chi connectivity index (χ1) is 9.63. The highest BCUT2D eigenvalue weighted by molar-refractivity contribution is 5.95. The molecule has 1 aliphatic rings. The number of pyridine rings is 1. The number of anilines is 1. The predicted octanol–water partition coefficient (Wildman–Crippen LogP) is 1.87. The van der Waals surface area contributed by atoms with Gasteiger partial charge in [-0.05, 0) is 38.3 Å². The van der Waals surface area contributed by atoms with Gasteiger partial charge >= 0.3 is 0 Å². The molecule has 0 radical (unpaired) electrons. The zero-order chi connectivity index (χ0) is 14.5. The second-order valence-corrected chi connectivity index (χ2v) is 5.07. The topological polar surface area (TPSA) is 68.5 Å². The van der Waals surface area contributed by atoms with Gasteiger partial charge in [0.05, 0.1) is 6.10 Å². The van der Waals surface area contributed by atoms with Crippen LogP contribution >= 0.6 is 0 Å². The molecule has 0 atom stereocenters. The van der Waals surface area contributed by atoms with E-state index < -0.39 is 0 Å². The molecule has 0 unspecified atom stereocenters. The Morgan fingerprint density at radius 1 is 1.40 bits per heavy atom. The van der Waals surface area contributed by atoms with E-state index in [1.807, 2.05) is 24.8 Å². The molecule has 1 aromatic heterocycles. The van der Waals surface area contributed by atoms with Crippen molar-refractivity contribution >= 4 is 11.7 Å². The molecule has 2 rings (SSSR count). The van der Waals surface area contributed by atoms with Gasteiger partial charge in [-0.1, -0.05) is 6.92 Å². The van der Waals surface area contributed by atoms with E-state index in [1.165, 1.54) is 0 Å². The summed E-state index contributed by atoms with van der Waals surface area (Å²) in [7, 11) is 0. The van der Waals surface area contributed by atoms with Crippen LogP contribution in [0.4, 0.5) is 5.82 Å². The second kappa shape index (κ2) is 6.70. The van der Waals surface area contributed by atoms with Crippen molar-refractivity contribution in [1.29, 1.82) is 0 Å². The molecular formula is C15H23N3O2. The Balaban J connectivity index is 2.03. The normalized spacial score (nSPS) is 16.4. The molecular weight excluding hydrogens is 254 g/mol. The van der Waals surface area contributed by atoms with Crippen molar-refractivity contribution in [3.8, 4) is 0 Å². The lowest BCUT2D eigenvalue weighted by Crippen LogP contribution is -2.41. The molecule has 1 aliphatic heterocycles. The molecule has 0 spiro atoms. The summed E-state index contributed by atoms with van der Waals surface area (Å²) < 4.78 is 5.60. The third-order valence-corrected chi connectivity index (χ3v) is 3.64. The van der Waals surface area contributed by atoms with Gasteiger partial charge in [-0.25, -0.2) is 4.98 Å². The molecule has 1 fully saturated rings. The number of ether oxygens (including phenoxy) is 1. The molecule has 0 saturated carbocycles. The molecule has 1 saturated heterocycles. The fraction of sp³-hybridized carbons (Fsp3) is 0.600. The Bertz CT molecular complexity index is 468. The number of aryl methyl sites for hydroxylation is 1. The summed E-state index contributed by atoms with van der Waals surface area (Å²) in [5, 5.41) is 0. The van der Waals surface area contributed by atoms with Gasteiger partial charge in [-0.2, -0.15) is 0 Å². The maximum Gasteiger partial charge on any atom is 0.254 e. The van der Waals surface area contributed by atoms with Crippen LogP contribution in [-0.2, 0) is 11.2 Å². The van der Waals surface area contributed by atoms with Gasteiger partial charge in [0.15, 0.2) is 0 Å². The van der Waals surface area contributed by atoms with Crippen molar-refractivity contribution in [2.24, 2.45) is 0 Å². The molecule has 5 heteroatoms. The van der Waals surface area contributed by atoms with Crippen LogP contribution in [0, 0.1) is 0 Å². The van der Waals surface area contributed by atoms with Gasteiger partial charge in [0, 0.05) is 31.0 Å². The number of likely N-dealkylation sites (tertiary alicyclic amines) is 1. The number of nitrogens with two attached hydrogens (primary N) is 1. The third kappa shape index (κ3) is 3.48. The zero-order valence-corrected chi connectivity index (χ0v) is 12.3. The van der Waals surface area contributed by atoms with E-state index in [1.54, 1.807) is 6.07 Å². The van der Waals surface area contributed by atoms with E-state index in [0.717, 1.165) is 44.7 Å².